The third-order valence-corrected chi connectivity index (χ3v) is 4.20. The molecule has 25 heavy (non-hydrogen) atoms. The zero-order valence-electron chi connectivity index (χ0n) is 13.3. The highest BCUT2D eigenvalue weighted by atomic mass is 35.5. The van der Waals surface area contributed by atoms with Gasteiger partial charge in [-0.3, -0.25) is 14.9 Å². The van der Waals surface area contributed by atoms with Gasteiger partial charge < -0.3 is 10.3 Å². The molecule has 128 valence electrons. The number of rotatable bonds is 6. The lowest BCUT2D eigenvalue weighted by Crippen LogP contribution is -2.27. The summed E-state index contributed by atoms with van der Waals surface area (Å²) in [6.07, 6.45) is 2.70. The fourth-order valence-electron chi connectivity index (χ4n) is 2.66. The van der Waals surface area contributed by atoms with Gasteiger partial charge in [-0.25, -0.2) is 0 Å². The number of nitro benzene ring substituents is 1. The molecule has 0 unspecified atom stereocenters. The number of carbonyl (C=O) groups excluding carboxylic acids is 1. The Morgan fingerprint density at radius 2 is 1.96 bits per heavy atom. The lowest BCUT2D eigenvalue weighted by atomic mass is 10.1. The van der Waals surface area contributed by atoms with Crippen molar-refractivity contribution < 1.29 is 9.72 Å². The maximum atomic E-state index is 12.1. The second-order valence-electron chi connectivity index (χ2n) is 5.70. The van der Waals surface area contributed by atoms with E-state index in [1.807, 2.05) is 18.3 Å². The molecule has 0 saturated heterocycles. The van der Waals surface area contributed by atoms with E-state index in [1.165, 1.54) is 12.1 Å². The topological polar surface area (TPSA) is 88.0 Å². The molecule has 6 nitrogen and oxygen atoms in total. The summed E-state index contributed by atoms with van der Waals surface area (Å²) in [5.41, 5.74) is 2.83. The van der Waals surface area contributed by atoms with Gasteiger partial charge >= 0.3 is 0 Å². The molecular formula is C18H16ClN3O3. The van der Waals surface area contributed by atoms with Crippen molar-refractivity contribution in [1.82, 2.24) is 10.3 Å². The number of H-pyrrole nitrogens is 1. The highest BCUT2D eigenvalue weighted by Gasteiger charge is 2.09. The van der Waals surface area contributed by atoms with Crippen molar-refractivity contribution >= 4 is 34.1 Å². The van der Waals surface area contributed by atoms with E-state index in [0.29, 0.717) is 18.0 Å². The predicted molar refractivity (Wildman–Crippen MR) is 96.8 cm³/mol. The number of nitrogens with one attached hydrogen (secondary N) is 2. The smallest absolute Gasteiger partial charge is 0.269 e. The summed E-state index contributed by atoms with van der Waals surface area (Å²) in [7, 11) is 0. The zero-order chi connectivity index (χ0) is 17.8. The third kappa shape index (κ3) is 4.16. The molecule has 1 heterocycles. The fourth-order valence-corrected chi connectivity index (χ4v) is 2.84. The number of fused-ring (bicyclic) bond motifs is 1. The molecular weight excluding hydrogens is 342 g/mol. The molecule has 0 aliphatic carbocycles. The Hall–Kier alpha value is -2.86. The number of nitrogens with zero attached hydrogens (tertiary/aromatic N) is 1. The van der Waals surface area contributed by atoms with Crippen molar-refractivity contribution in [2.45, 2.75) is 12.8 Å². The molecule has 3 rings (SSSR count). The van der Waals surface area contributed by atoms with Gasteiger partial charge in [0.25, 0.3) is 5.69 Å². The summed E-state index contributed by atoms with van der Waals surface area (Å²) in [6, 6.07) is 11.9. The number of aromatic nitrogens is 1. The Kier molecular flexibility index (Phi) is 5.00. The number of hydrogen-bond donors (Lipinski definition) is 2. The molecule has 2 N–H and O–H groups in total. The lowest BCUT2D eigenvalue weighted by molar-refractivity contribution is -0.384. The SMILES string of the molecule is O=C(Cc1c[nH]c2ccc(Cl)cc12)NCCc1ccc([N+](=O)[O-])cc1. The number of aromatic amines is 1. The average molecular weight is 358 g/mol. The number of non-ortho nitro benzene ring substituents is 1. The molecule has 1 aromatic heterocycles. The van der Waals surface area contributed by atoms with Gasteiger partial charge in [0.1, 0.15) is 0 Å². The van der Waals surface area contributed by atoms with Gasteiger partial charge in [-0.05, 0) is 35.7 Å². The van der Waals surface area contributed by atoms with Crippen molar-refractivity contribution in [3.63, 3.8) is 0 Å². The molecule has 0 aliphatic heterocycles. The summed E-state index contributed by atoms with van der Waals surface area (Å²) in [4.78, 5) is 25.4. The Balaban J connectivity index is 1.54. The van der Waals surface area contributed by atoms with Crippen LogP contribution in [0.3, 0.4) is 0 Å². The number of benzene rings is 2. The number of hydrogen-bond acceptors (Lipinski definition) is 3. The van der Waals surface area contributed by atoms with Crippen LogP contribution in [0.2, 0.25) is 5.02 Å². The first-order chi connectivity index (χ1) is 12.0. The van der Waals surface area contributed by atoms with E-state index in [2.05, 4.69) is 10.3 Å². The van der Waals surface area contributed by atoms with Gasteiger partial charge in [-0.1, -0.05) is 23.7 Å². The largest absolute Gasteiger partial charge is 0.361 e. The zero-order valence-corrected chi connectivity index (χ0v) is 14.0. The van der Waals surface area contributed by atoms with Crippen LogP contribution >= 0.6 is 11.6 Å². The van der Waals surface area contributed by atoms with Gasteiger partial charge in [0.2, 0.25) is 5.91 Å². The first-order valence-corrected chi connectivity index (χ1v) is 8.16. The molecule has 0 atom stereocenters. The van der Waals surface area contributed by atoms with E-state index in [0.717, 1.165) is 22.0 Å². The van der Waals surface area contributed by atoms with Gasteiger partial charge in [-0.2, -0.15) is 0 Å². The van der Waals surface area contributed by atoms with Crippen LogP contribution in [0.15, 0.2) is 48.7 Å². The van der Waals surface area contributed by atoms with E-state index < -0.39 is 4.92 Å². The maximum Gasteiger partial charge on any atom is 0.269 e. The molecule has 0 fully saturated rings. The Labute approximate surface area is 149 Å². The molecule has 0 saturated carbocycles. The molecule has 3 aromatic rings. The van der Waals surface area contributed by atoms with Crippen LogP contribution in [-0.2, 0) is 17.6 Å². The normalized spacial score (nSPS) is 10.8. The van der Waals surface area contributed by atoms with Crippen LogP contribution in [0.4, 0.5) is 5.69 Å². The van der Waals surface area contributed by atoms with Gasteiger partial charge in [-0.15, -0.1) is 0 Å². The highest BCUT2D eigenvalue weighted by Crippen LogP contribution is 2.22. The Morgan fingerprint density at radius 3 is 2.68 bits per heavy atom. The predicted octanol–water partition coefficient (Wildman–Crippen LogP) is 3.63. The van der Waals surface area contributed by atoms with E-state index in [4.69, 9.17) is 11.6 Å². The minimum Gasteiger partial charge on any atom is -0.361 e. The first-order valence-electron chi connectivity index (χ1n) is 7.78. The second kappa shape index (κ2) is 7.36. The van der Waals surface area contributed by atoms with Crippen LogP contribution in [-0.4, -0.2) is 22.4 Å². The van der Waals surface area contributed by atoms with Crippen LogP contribution in [0.1, 0.15) is 11.1 Å². The fraction of sp³-hybridized carbons (Fsp3) is 0.167. The Morgan fingerprint density at radius 1 is 1.20 bits per heavy atom. The number of amides is 1. The number of carbonyl (C=O) groups is 1. The van der Waals surface area contributed by atoms with E-state index in [9.17, 15) is 14.9 Å². The van der Waals surface area contributed by atoms with E-state index >= 15 is 0 Å². The second-order valence-corrected chi connectivity index (χ2v) is 6.14. The molecule has 0 aliphatic rings. The molecule has 2 aromatic carbocycles. The minimum absolute atomic E-state index is 0.0609. The summed E-state index contributed by atoms with van der Waals surface area (Å²) < 4.78 is 0. The summed E-state index contributed by atoms with van der Waals surface area (Å²) in [6.45, 7) is 0.472. The van der Waals surface area contributed by atoms with Crippen molar-refractivity contribution in [3.8, 4) is 0 Å². The average Bonchev–Trinajstić information content (AvgIpc) is 2.97. The molecule has 0 spiro atoms. The number of halogens is 1. The van der Waals surface area contributed by atoms with E-state index in [1.54, 1.807) is 18.2 Å². The maximum absolute atomic E-state index is 12.1. The molecule has 0 bridgehead atoms. The minimum atomic E-state index is -0.432. The monoisotopic (exact) mass is 357 g/mol. The van der Waals surface area contributed by atoms with Gasteiger partial charge in [0, 0.05) is 40.8 Å². The van der Waals surface area contributed by atoms with E-state index in [-0.39, 0.29) is 18.0 Å². The quantitative estimate of drug-likeness (QED) is 0.521. The molecule has 1 amide bonds. The highest BCUT2D eigenvalue weighted by molar-refractivity contribution is 6.31. The van der Waals surface area contributed by atoms with Crippen LogP contribution in [0, 0.1) is 10.1 Å². The number of nitro groups is 1. The third-order valence-electron chi connectivity index (χ3n) is 3.96. The van der Waals surface area contributed by atoms with Crippen molar-refractivity contribution in [2.24, 2.45) is 0 Å². The Bertz CT molecular complexity index is 919. The van der Waals surface area contributed by atoms with Crippen LogP contribution in [0.25, 0.3) is 10.9 Å². The first kappa shape index (κ1) is 17.0. The van der Waals surface area contributed by atoms with Crippen molar-refractivity contribution in [2.75, 3.05) is 6.54 Å². The standard InChI is InChI=1S/C18H16ClN3O3/c19-14-3-6-17-16(10-14)13(11-21-17)9-18(23)20-8-7-12-1-4-15(5-2-12)22(24)25/h1-6,10-11,21H,7-9H2,(H,20,23). The van der Waals surface area contributed by atoms with Crippen molar-refractivity contribution in [3.05, 3.63) is 74.9 Å². The molecule has 0 radical (unpaired) electrons. The summed E-state index contributed by atoms with van der Waals surface area (Å²) >= 11 is 6.01. The van der Waals surface area contributed by atoms with Gasteiger partial charge in [0.15, 0.2) is 0 Å². The summed E-state index contributed by atoms with van der Waals surface area (Å²) in [5.74, 6) is -0.0808. The molecule has 7 heteroatoms. The van der Waals surface area contributed by atoms with Crippen LogP contribution in [0.5, 0.6) is 0 Å². The van der Waals surface area contributed by atoms with Crippen LogP contribution < -0.4 is 5.32 Å². The van der Waals surface area contributed by atoms with Crippen molar-refractivity contribution in [1.29, 1.82) is 0 Å². The van der Waals surface area contributed by atoms with Gasteiger partial charge in [0.05, 0.1) is 11.3 Å². The summed E-state index contributed by atoms with van der Waals surface area (Å²) in [5, 5.41) is 15.1. The lowest BCUT2D eigenvalue weighted by Gasteiger charge is -2.05.